The quantitative estimate of drug-likeness (QED) is 0.839. The summed E-state index contributed by atoms with van der Waals surface area (Å²) >= 11 is 6.06. The lowest BCUT2D eigenvalue weighted by Gasteiger charge is -2.41. The first-order valence-electron chi connectivity index (χ1n) is 8.93. The molecule has 2 saturated heterocycles. The van der Waals surface area contributed by atoms with E-state index in [9.17, 15) is 4.79 Å². The van der Waals surface area contributed by atoms with E-state index in [2.05, 4.69) is 11.8 Å². The van der Waals surface area contributed by atoms with Crippen molar-refractivity contribution in [3.63, 3.8) is 0 Å². The molecule has 24 heavy (non-hydrogen) atoms. The molecule has 1 aromatic carbocycles. The predicted molar refractivity (Wildman–Crippen MR) is 96.7 cm³/mol. The van der Waals surface area contributed by atoms with Gasteiger partial charge in [-0.2, -0.15) is 0 Å². The van der Waals surface area contributed by atoms with Crippen LogP contribution in [0.2, 0.25) is 5.02 Å². The van der Waals surface area contributed by atoms with E-state index in [1.165, 1.54) is 0 Å². The van der Waals surface area contributed by atoms with Crippen LogP contribution in [0.1, 0.15) is 35.7 Å². The summed E-state index contributed by atoms with van der Waals surface area (Å²) in [7, 11) is 0. The van der Waals surface area contributed by atoms with Crippen molar-refractivity contribution in [1.82, 2.24) is 9.80 Å². The summed E-state index contributed by atoms with van der Waals surface area (Å²) < 4.78 is 5.45. The fourth-order valence-electron chi connectivity index (χ4n) is 3.86. The van der Waals surface area contributed by atoms with Gasteiger partial charge in [-0.1, -0.05) is 17.7 Å². The molecule has 3 rings (SSSR count). The molecule has 0 radical (unpaired) electrons. The third-order valence-corrected chi connectivity index (χ3v) is 5.80. The first-order chi connectivity index (χ1) is 11.6. The highest BCUT2D eigenvalue weighted by Gasteiger charge is 2.30. The summed E-state index contributed by atoms with van der Waals surface area (Å²) in [4.78, 5) is 17.3. The third kappa shape index (κ3) is 3.93. The SMILES string of the molecule is Cc1ccc(Cl)cc1C(=O)N1CCC(C(C)N2CCOCC2)CC1. The summed E-state index contributed by atoms with van der Waals surface area (Å²) in [5.74, 6) is 0.778. The van der Waals surface area contributed by atoms with Crippen LogP contribution in [0.3, 0.4) is 0 Å². The van der Waals surface area contributed by atoms with Gasteiger partial charge in [0.05, 0.1) is 13.2 Å². The number of benzene rings is 1. The second-order valence-electron chi connectivity index (χ2n) is 6.98. The third-order valence-electron chi connectivity index (χ3n) is 5.56. The molecule has 1 unspecified atom stereocenters. The Morgan fingerprint density at radius 3 is 2.54 bits per heavy atom. The zero-order valence-corrected chi connectivity index (χ0v) is 15.4. The zero-order valence-electron chi connectivity index (χ0n) is 14.6. The van der Waals surface area contributed by atoms with Gasteiger partial charge in [0, 0.05) is 42.8 Å². The van der Waals surface area contributed by atoms with Gasteiger partial charge in [0.1, 0.15) is 0 Å². The predicted octanol–water partition coefficient (Wildman–Crippen LogP) is 3.22. The Bertz CT molecular complexity index is 579. The second-order valence-corrected chi connectivity index (χ2v) is 7.41. The number of carbonyl (C=O) groups is 1. The van der Waals surface area contributed by atoms with Gasteiger partial charge in [-0.3, -0.25) is 9.69 Å². The molecule has 5 heteroatoms. The maximum absolute atomic E-state index is 12.8. The van der Waals surface area contributed by atoms with Gasteiger partial charge in [0.2, 0.25) is 0 Å². The lowest BCUT2D eigenvalue weighted by molar-refractivity contribution is -0.000954. The van der Waals surface area contributed by atoms with Crippen LogP contribution < -0.4 is 0 Å². The molecule has 0 bridgehead atoms. The minimum absolute atomic E-state index is 0.118. The van der Waals surface area contributed by atoms with E-state index < -0.39 is 0 Å². The highest BCUT2D eigenvalue weighted by molar-refractivity contribution is 6.31. The molecule has 132 valence electrons. The number of piperidine rings is 1. The molecule has 0 spiro atoms. The van der Waals surface area contributed by atoms with Crippen molar-refractivity contribution in [3.8, 4) is 0 Å². The number of hydrogen-bond acceptors (Lipinski definition) is 3. The molecule has 1 amide bonds. The number of hydrogen-bond donors (Lipinski definition) is 0. The highest BCUT2D eigenvalue weighted by atomic mass is 35.5. The minimum Gasteiger partial charge on any atom is -0.379 e. The summed E-state index contributed by atoms with van der Waals surface area (Å²) in [5, 5.41) is 0.625. The van der Waals surface area contributed by atoms with Crippen molar-refractivity contribution in [2.24, 2.45) is 5.92 Å². The summed E-state index contributed by atoms with van der Waals surface area (Å²) in [5.41, 5.74) is 1.73. The molecule has 0 N–H and O–H groups in total. The molecule has 2 fully saturated rings. The van der Waals surface area contributed by atoms with E-state index in [0.29, 0.717) is 17.0 Å². The van der Waals surface area contributed by atoms with Crippen LogP contribution in [0.4, 0.5) is 0 Å². The molecule has 4 nitrogen and oxygen atoms in total. The Hall–Kier alpha value is -1.10. The van der Waals surface area contributed by atoms with E-state index in [1.807, 2.05) is 24.0 Å². The van der Waals surface area contributed by atoms with Crippen molar-refractivity contribution < 1.29 is 9.53 Å². The lowest BCUT2D eigenvalue weighted by Crippen LogP contribution is -2.49. The van der Waals surface area contributed by atoms with E-state index in [4.69, 9.17) is 16.3 Å². The Labute approximate surface area is 149 Å². The second kappa shape index (κ2) is 7.85. The van der Waals surface area contributed by atoms with Gasteiger partial charge >= 0.3 is 0 Å². The number of carbonyl (C=O) groups excluding carboxylic acids is 1. The molecular weight excluding hydrogens is 324 g/mol. The topological polar surface area (TPSA) is 32.8 Å². The Morgan fingerprint density at radius 1 is 1.21 bits per heavy atom. The Morgan fingerprint density at radius 2 is 1.88 bits per heavy atom. The average molecular weight is 351 g/mol. The molecule has 2 aliphatic rings. The van der Waals surface area contributed by atoms with Crippen molar-refractivity contribution in [3.05, 3.63) is 34.3 Å². The maximum Gasteiger partial charge on any atom is 0.254 e. The number of ether oxygens (including phenoxy) is 1. The van der Waals surface area contributed by atoms with E-state index in [0.717, 1.165) is 63.4 Å². The van der Waals surface area contributed by atoms with E-state index >= 15 is 0 Å². The van der Waals surface area contributed by atoms with E-state index in [-0.39, 0.29) is 5.91 Å². The molecule has 2 heterocycles. The van der Waals surface area contributed by atoms with Gasteiger partial charge in [-0.25, -0.2) is 0 Å². The van der Waals surface area contributed by atoms with Crippen LogP contribution >= 0.6 is 11.6 Å². The minimum atomic E-state index is 0.118. The molecule has 1 atom stereocenters. The van der Waals surface area contributed by atoms with Gasteiger partial charge in [-0.05, 0) is 50.3 Å². The van der Waals surface area contributed by atoms with Gasteiger partial charge in [-0.15, -0.1) is 0 Å². The number of amides is 1. The maximum atomic E-state index is 12.8. The number of halogens is 1. The Kier molecular flexibility index (Phi) is 5.80. The summed E-state index contributed by atoms with van der Waals surface area (Å²) in [6.07, 6.45) is 2.15. The molecule has 0 aliphatic carbocycles. The normalized spacial score (nSPS) is 21.7. The average Bonchev–Trinajstić information content (AvgIpc) is 2.63. The number of morpholine rings is 1. The summed E-state index contributed by atoms with van der Waals surface area (Å²) in [6, 6.07) is 6.12. The molecule has 0 aromatic heterocycles. The number of rotatable bonds is 3. The number of aryl methyl sites for hydroxylation is 1. The number of likely N-dealkylation sites (tertiary alicyclic amines) is 1. The van der Waals surface area contributed by atoms with Crippen LogP contribution in [0, 0.1) is 12.8 Å². The number of nitrogens with zero attached hydrogens (tertiary/aromatic N) is 2. The van der Waals surface area contributed by atoms with Crippen LogP contribution in [0.15, 0.2) is 18.2 Å². The van der Waals surface area contributed by atoms with Crippen LogP contribution in [-0.2, 0) is 4.74 Å². The molecule has 1 aromatic rings. The highest BCUT2D eigenvalue weighted by Crippen LogP contribution is 2.26. The largest absolute Gasteiger partial charge is 0.379 e. The van der Waals surface area contributed by atoms with Crippen molar-refractivity contribution in [2.45, 2.75) is 32.7 Å². The van der Waals surface area contributed by atoms with Crippen LogP contribution in [0.25, 0.3) is 0 Å². The van der Waals surface area contributed by atoms with Crippen molar-refractivity contribution in [2.75, 3.05) is 39.4 Å². The van der Waals surface area contributed by atoms with Gasteiger partial charge < -0.3 is 9.64 Å². The van der Waals surface area contributed by atoms with Crippen molar-refractivity contribution >= 4 is 17.5 Å². The first kappa shape index (κ1) is 17.7. The van der Waals surface area contributed by atoms with Crippen LogP contribution in [0.5, 0.6) is 0 Å². The molecule has 0 saturated carbocycles. The Balaban J connectivity index is 1.58. The smallest absolute Gasteiger partial charge is 0.254 e. The standard InChI is InChI=1S/C19H27ClN2O2/c1-14-3-4-17(20)13-18(14)19(23)22-7-5-16(6-8-22)15(2)21-9-11-24-12-10-21/h3-4,13,15-16H,5-12H2,1-2H3. The summed E-state index contributed by atoms with van der Waals surface area (Å²) in [6.45, 7) is 9.72. The molecule has 2 aliphatic heterocycles. The molecular formula is C19H27ClN2O2. The van der Waals surface area contributed by atoms with Crippen LogP contribution in [-0.4, -0.2) is 61.1 Å². The van der Waals surface area contributed by atoms with Crippen molar-refractivity contribution in [1.29, 1.82) is 0 Å². The monoisotopic (exact) mass is 350 g/mol. The fraction of sp³-hybridized carbons (Fsp3) is 0.632. The van der Waals surface area contributed by atoms with E-state index in [1.54, 1.807) is 6.07 Å². The van der Waals surface area contributed by atoms with Gasteiger partial charge in [0.25, 0.3) is 5.91 Å². The first-order valence-corrected chi connectivity index (χ1v) is 9.31. The fourth-order valence-corrected chi connectivity index (χ4v) is 4.03. The zero-order chi connectivity index (χ0) is 17.1. The lowest BCUT2D eigenvalue weighted by atomic mass is 9.89. The van der Waals surface area contributed by atoms with Gasteiger partial charge in [0.15, 0.2) is 0 Å².